The summed E-state index contributed by atoms with van der Waals surface area (Å²) in [6, 6.07) is 1.62. The van der Waals surface area contributed by atoms with Gasteiger partial charge >= 0.3 is 5.97 Å². The second-order valence-electron chi connectivity index (χ2n) is 5.12. The van der Waals surface area contributed by atoms with Gasteiger partial charge in [-0.2, -0.15) is 0 Å². The van der Waals surface area contributed by atoms with Crippen LogP contribution in [-0.4, -0.2) is 40.3 Å². The van der Waals surface area contributed by atoms with E-state index in [9.17, 15) is 24.4 Å². The van der Waals surface area contributed by atoms with Gasteiger partial charge in [-0.15, -0.1) is 0 Å². The first-order valence-corrected chi connectivity index (χ1v) is 6.45. The first-order valence-electron chi connectivity index (χ1n) is 6.45. The average Bonchev–Trinajstić information content (AvgIpc) is 2.87. The second-order valence-corrected chi connectivity index (χ2v) is 5.12. The van der Waals surface area contributed by atoms with E-state index in [4.69, 9.17) is 5.11 Å². The minimum atomic E-state index is -1.55. The van der Waals surface area contributed by atoms with Crippen molar-refractivity contribution in [1.82, 2.24) is 0 Å². The maximum atomic E-state index is 13.8. The highest BCUT2D eigenvalue weighted by Crippen LogP contribution is 2.35. The molecule has 0 spiro atoms. The minimum absolute atomic E-state index is 0.0469. The van der Waals surface area contributed by atoms with Gasteiger partial charge in [0.05, 0.1) is 11.0 Å². The molecule has 1 aliphatic heterocycles. The number of nitro groups is 1. The quantitative estimate of drug-likeness (QED) is 0.647. The number of aliphatic hydroxyl groups is 1. The number of aliphatic hydroxyl groups excluding tert-OH is 1. The molecule has 2 unspecified atom stereocenters. The Hall–Kier alpha value is -2.22. The van der Waals surface area contributed by atoms with Crippen LogP contribution in [0.3, 0.4) is 0 Å². The second kappa shape index (κ2) is 5.65. The monoisotopic (exact) mass is 298 g/mol. The van der Waals surface area contributed by atoms with E-state index in [1.807, 2.05) is 0 Å². The van der Waals surface area contributed by atoms with Crippen LogP contribution >= 0.6 is 0 Å². The lowest BCUT2D eigenvalue weighted by Gasteiger charge is -2.20. The molecule has 0 bridgehead atoms. The number of carboxylic acids is 1. The summed E-state index contributed by atoms with van der Waals surface area (Å²) in [5.74, 6) is -2.61. The van der Waals surface area contributed by atoms with Crippen molar-refractivity contribution < 1.29 is 24.3 Å². The maximum absolute atomic E-state index is 13.8. The molecule has 2 atom stereocenters. The smallest absolute Gasteiger partial charge is 0.338 e. The number of aromatic carboxylic acids is 1. The Morgan fingerprint density at radius 2 is 2.24 bits per heavy atom. The molecule has 0 saturated carbocycles. The van der Waals surface area contributed by atoms with Gasteiger partial charge < -0.3 is 15.1 Å². The van der Waals surface area contributed by atoms with Gasteiger partial charge in [-0.25, -0.2) is 9.18 Å². The molecule has 8 heteroatoms. The third-order valence-electron chi connectivity index (χ3n) is 3.74. The molecule has 1 aromatic carbocycles. The van der Waals surface area contributed by atoms with E-state index < -0.39 is 34.1 Å². The van der Waals surface area contributed by atoms with E-state index in [2.05, 4.69) is 0 Å². The van der Waals surface area contributed by atoms with Crippen molar-refractivity contribution in [3.63, 3.8) is 0 Å². The van der Waals surface area contributed by atoms with E-state index >= 15 is 0 Å². The Balaban J connectivity index is 2.42. The van der Waals surface area contributed by atoms with Gasteiger partial charge in [-0.3, -0.25) is 10.1 Å². The van der Waals surface area contributed by atoms with E-state index in [1.165, 1.54) is 0 Å². The summed E-state index contributed by atoms with van der Waals surface area (Å²) in [7, 11) is 0. The summed E-state index contributed by atoms with van der Waals surface area (Å²) in [6.45, 7) is 2.45. The van der Waals surface area contributed by atoms with Crippen molar-refractivity contribution in [1.29, 1.82) is 0 Å². The summed E-state index contributed by atoms with van der Waals surface area (Å²) >= 11 is 0. The van der Waals surface area contributed by atoms with Crippen molar-refractivity contribution in [2.24, 2.45) is 5.92 Å². The predicted octanol–water partition coefficient (Wildman–Crippen LogP) is 1.64. The van der Waals surface area contributed by atoms with E-state index in [-0.39, 0.29) is 11.6 Å². The number of hydrogen-bond donors (Lipinski definition) is 2. The van der Waals surface area contributed by atoms with Crippen LogP contribution in [0.25, 0.3) is 0 Å². The SMILES string of the molecule is CC(O)C1CCN(c2cc(F)c(C(=O)O)cc2[N+](=O)[O-])C1. The fraction of sp³-hybridized carbons (Fsp3) is 0.462. The average molecular weight is 298 g/mol. The molecule has 1 aliphatic rings. The minimum Gasteiger partial charge on any atom is -0.478 e. The Bertz CT molecular complexity index is 590. The lowest BCUT2D eigenvalue weighted by atomic mass is 10.0. The molecule has 1 aromatic rings. The van der Waals surface area contributed by atoms with Crippen molar-refractivity contribution in [3.8, 4) is 0 Å². The Morgan fingerprint density at radius 1 is 1.57 bits per heavy atom. The summed E-state index contributed by atoms with van der Waals surface area (Å²) in [6.07, 6.45) is 0.0779. The molecule has 2 N–H and O–H groups in total. The molecule has 2 rings (SSSR count). The van der Waals surface area contributed by atoms with Gasteiger partial charge in [-0.1, -0.05) is 0 Å². The number of anilines is 1. The fourth-order valence-electron chi connectivity index (χ4n) is 2.51. The first-order chi connectivity index (χ1) is 9.81. The molecule has 7 nitrogen and oxygen atoms in total. The zero-order chi connectivity index (χ0) is 15.7. The number of benzene rings is 1. The molecule has 1 heterocycles. The molecular formula is C13H15FN2O5. The van der Waals surface area contributed by atoms with Gasteiger partial charge in [0.25, 0.3) is 5.69 Å². The zero-order valence-electron chi connectivity index (χ0n) is 11.3. The third-order valence-corrected chi connectivity index (χ3v) is 3.74. The van der Waals surface area contributed by atoms with Crippen LogP contribution in [0.1, 0.15) is 23.7 Å². The number of rotatable bonds is 4. The number of carbonyl (C=O) groups is 1. The van der Waals surface area contributed by atoms with Crippen molar-refractivity contribution >= 4 is 17.3 Å². The number of halogens is 1. The fourth-order valence-corrected chi connectivity index (χ4v) is 2.51. The Kier molecular flexibility index (Phi) is 4.08. The van der Waals surface area contributed by atoms with Crippen molar-refractivity contribution in [2.75, 3.05) is 18.0 Å². The number of hydrogen-bond acceptors (Lipinski definition) is 5. The predicted molar refractivity (Wildman–Crippen MR) is 72.0 cm³/mol. The van der Waals surface area contributed by atoms with Crippen LogP contribution in [0.15, 0.2) is 12.1 Å². The number of carboxylic acid groups (broad SMARTS) is 1. The topological polar surface area (TPSA) is 104 Å². The van der Waals surface area contributed by atoms with Crippen LogP contribution in [-0.2, 0) is 0 Å². The van der Waals surface area contributed by atoms with E-state index in [1.54, 1.807) is 11.8 Å². The largest absolute Gasteiger partial charge is 0.478 e. The molecule has 0 aromatic heterocycles. The number of nitro benzene ring substituents is 1. The highest BCUT2D eigenvalue weighted by molar-refractivity contribution is 5.90. The molecular weight excluding hydrogens is 283 g/mol. The van der Waals surface area contributed by atoms with Gasteiger partial charge in [0.1, 0.15) is 17.1 Å². The third kappa shape index (κ3) is 2.94. The van der Waals surface area contributed by atoms with Gasteiger partial charge in [0.2, 0.25) is 0 Å². The molecule has 0 aliphatic carbocycles. The normalized spacial score (nSPS) is 19.6. The standard InChI is InChI=1S/C13H15FN2O5/c1-7(17)8-2-3-15(6-8)11-5-10(14)9(13(18)19)4-12(11)16(20)21/h4-5,7-8,17H,2-3,6H2,1H3,(H,18,19). The summed E-state index contributed by atoms with van der Waals surface area (Å²) in [5, 5.41) is 29.5. The lowest BCUT2D eigenvalue weighted by Crippen LogP contribution is -2.24. The molecule has 1 saturated heterocycles. The van der Waals surface area contributed by atoms with E-state index in [0.29, 0.717) is 19.5 Å². The summed E-state index contributed by atoms with van der Waals surface area (Å²) in [4.78, 5) is 22.8. The van der Waals surface area contributed by atoms with Gasteiger partial charge in [0.15, 0.2) is 0 Å². The van der Waals surface area contributed by atoms with Crippen LogP contribution in [0, 0.1) is 21.8 Å². The Labute approximate surface area is 119 Å². The van der Waals surface area contributed by atoms with E-state index in [0.717, 1.165) is 12.1 Å². The van der Waals surface area contributed by atoms with Crippen LogP contribution in [0.2, 0.25) is 0 Å². The molecule has 0 amide bonds. The molecule has 21 heavy (non-hydrogen) atoms. The van der Waals surface area contributed by atoms with Crippen molar-refractivity contribution in [2.45, 2.75) is 19.4 Å². The molecule has 0 radical (unpaired) electrons. The molecule has 114 valence electrons. The maximum Gasteiger partial charge on any atom is 0.338 e. The molecule has 1 fully saturated rings. The summed E-state index contributed by atoms with van der Waals surface area (Å²) < 4.78 is 13.8. The first kappa shape index (κ1) is 15.2. The lowest BCUT2D eigenvalue weighted by molar-refractivity contribution is -0.384. The van der Waals surface area contributed by atoms with Crippen molar-refractivity contribution in [3.05, 3.63) is 33.6 Å². The zero-order valence-corrected chi connectivity index (χ0v) is 11.3. The highest BCUT2D eigenvalue weighted by Gasteiger charge is 2.31. The van der Waals surface area contributed by atoms with Crippen LogP contribution in [0.4, 0.5) is 15.8 Å². The van der Waals surface area contributed by atoms with Gasteiger partial charge in [-0.05, 0) is 13.3 Å². The Morgan fingerprint density at radius 3 is 2.71 bits per heavy atom. The van der Waals surface area contributed by atoms with Crippen LogP contribution < -0.4 is 4.90 Å². The number of nitrogens with zero attached hydrogens (tertiary/aromatic N) is 2. The van der Waals surface area contributed by atoms with Gasteiger partial charge in [0, 0.05) is 31.1 Å². The summed E-state index contributed by atoms with van der Waals surface area (Å²) in [5.41, 5.74) is -1.12. The highest BCUT2D eigenvalue weighted by atomic mass is 19.1. The van der Waals surface area contributed by atoms with Crippen LogP contribution in [0.5, 0.6) is 0 Å².